The summed E-state index contributed by atoms with van der Waals surface area (Å²) in [6.07, 6.45) is 10.7. The molecule has 1 saturated heterocycles. The third-order valence-corrected chi connectivity index (χ3v) is 6.95. The molecule has 0 spiro atoms. The second kappa shape index (κ2) is 15.2. The Kier molecular flexibility index (Phi) is 12.4. The third kappa shape index (κ3) is 10.1. The maximum atomic E-state index is 11.7. The number of imide groups is 2. The van der Waals surface area contributed by atoms with E-state index in [-0.39, 0.29) is 48.1 Å². The third-order valence-electron chi connectivity index (χ3n) is 6.95. The Hall–Kier alpha value is -3.08. The first-order chi connectivity index (χ1) is 17.6. The molecule has 0 aromatic heterocycles. The molecule has 1 atom stereocenters. The van der Waals surface area contributed by atoms with Gasteiger partial charge in [0, 0.05) is 50.0 Å². The van der Waals surface area contributed by atoms with Crippen LogP contribution in [0.5, 0.6) is 0 Å². The Balaban J connectivity index is 0.000000273. The number of nitrogens with zero attached hydrogens (tertiary/aromatic N) is 2. The van der Waals surface area contributed by atoms with Gasteiger partial charge in [-0.1, -0.05) is 26.2 Å². The largest absolute Gasteiger partial charge is 0.513 e. The van der Waals surface area contributed by atoms with Gasteiger partial charge in [-0.3, -0.25) is 33.8 Å². The van der Waals surface area contributed by atoms with E-state index in [1.54, 1.807) is 0 Å². The van der Waals surface area contributed by atoms with Crippen LogP contribution in [0.15, 0.2) is 12.2 Å². The van der Waals surface area contributed by atoms with E-state index in [1.165, 1.54) is 22.0 Å². The lowest BCUT2D eigenvalue weighted by Crippen LogP contribution is -2.43. The van der Waals surface area contributed by atoms with Crippen molar-refractivity contribution >= 4 is 35.8 Å². The number of likely N-dealkylation sites (tertiary alicyclic amines) is 1. The number of rotatable bonds is 11. The van der Waals surface area contributed by atoms with Gasteiger partial charge >= 0.3 is 12.1 Å². The topological polar surface area (TPSA) is 164 Å². The minimum absolute atomic E-state index is 0.00635. The zero-order valence-corrected chi connectivity index (χ0v) is 21.6. The normalized spacial score (nSPS) is 22.2. The summed E-state index contributed by atoms with van der Waals surface area (Å²) in [6.45, 7) is 2.56. The van der Waals surface area contributed by atoms with Crippen LogP contribution in [0, 0.1) is 5.92 Å². The monoisotopic (exact) mass is 521 g/mol. The molecule has 0 aromatic carbocycles. The molecule has 11 heteroatoms. The highest BCUT2D eigenvalue weighted by Crippen LogP contribution is 2.31. The number of hydrogen-bond acceptors (Lipinski definition) is 8. The number of esters is 1. The molecule has 206 valence electrons. The number of unbranched alkanes of at least 4 members (excludes halogenated alkanes) is 2. The first-order valence-electron chi connectivity index (χ1n) is 13.2. The van der Waals surface area contributed by atoms with Crippen molar-refractivity contribution in [2.45, 2.75) is 102 Å². The minimum Gasteiger partial charge on any atom is -0.449 e. The Morgan fingerprint density at radius 2 is 1.54 bits per heavy atom. The van der Waals surface area contributed by atoms with Crippen LogP contribution in [-0.4, -0.2) is 69.3 Å². The van der Waals surface area contributed by atoms with Gasteiger partial charge in [-0.2, -0.15) is 0 Å². The number of carboxylic acid groups (broad SMARTS) is 1. The molecule has 0 aromatic rings. The quantitative estimate of drug-likeness (QED) is 0.180. The van der Waals surface area contributed by atoms with Gasteiger partial charge in [0.05, 0.1) is 0 Å². The lowest BCUT2D eigenvalue weighted by atomic mass is 9.85. The van der Waals surface area contributed by atoms with Crippen molar-refractivity contribution in [1.82, 2.24) is 9.80 Å². The summed E-state index contributed by atoms with van der Waals surface area (Å²) < 4.78 is 3.97. The van der Waals surface area contributed by atoms with Crippen LogP contribution in [0.4, 0.5) is 4.79 Å². The van der Waals surface area contributed by atoms with E-state index in [0.29, 0.717) is 25.8 Å². The van der Waals surface area contributed by atoms with Crippen LogP contribution < -0.4 is 5.73 Å². The molecular weight excluding hydrogens is 482 g/mol. The van der Waals surface area contributed by atoms with Crippen molar-refractivity contribution in [3.8, 4) is 0 Å². The van der Waals surface area contributed by atoms with Crippen LogP contribution in [0.3, 0.4) is 0 Å². The van der Waals surface area contributed by atoms with Crippen LogP contribution in [0.2, 0.25) is 0 Å². The predicted molar refractivity (Wildman–Crippen MR) is 133 cm³/mol. The number of amides is 4. The van der Waals surface area contributed by atoms with Gasteiger partial charge in [-0.15, -0.1) is 0 Å². The van der Waals surface area contributed by atoms with Crippen molar-refractivity contribution in [3.63, 3.8) is 0 Å². The van der Waals surface area contributed by atoms with Gasteiger partial charge in [-0.25, -0.2) is 4.79 Å². The summed E-state index contributed by atoms with van der Waals surface area (Å²) in [5, 5.41) is 8.16. The molecule has 0 radical (unpaired) electrons. The number of hydrogen-bond donors (Lipinski definition) is 2. The molecule has 3 rings (SSSR count). The first-order valence-corrected chi connectivity index (χ1v) is 13.2. The number of ether oxygens (including phenoxy) is 1. The highest BCUT2D eigenvalue weighted by molar-refractivity contribution is 6.12. The molecule has 1 unspecified atom stereocenters. The van der Waals surface area contributed by atoms with Gasteiger partial charge in [-0.05, 0) is 50.9 Å². The number of nitrogens with two attached hydrogens (primary N) is 1. The smallest absolute Gasteiger partial charge is 0.449 e. The minimum atomic E-state index is -1.54. The summed E-state index contributed by atoms with van der Waals surface area (Å²) >= 11 is 0. The van der Waals surface area contributed by atoms with E-state index in [0.717, 1.165) is 57.8 Å². The lowest BCUT2D eigenvalue weighted by Gasteiger charge is -2.34. The maximum Gasteiger partial charge on any atom is 0.513 e. The average molecular weight is 522 g/mol. The molecule has 3 N–H and O–H groups in total. The molecule has 2 aliphatic heterocycles. The summed E-state index contributed by atoms with van der Waals surface area (Å²) in [5.74, 6) is -1.02. The first kappa shape index (κ1) is 30.1. The molecule has 2 heterocycles. The van der Waals surface area contributed by atoms with Crippen molar-refractivity contribution in [2.75, 3.05) is 6.54 Å². The summed E-state index contributed by atoms with van der Waals surface area (Å²) in [5.41, 5.74) is 5.85. The second-order valence-corrected chi connectivity index (χ2v) is 9.84. The zero-order valence-electron chi connectivity index (χ0n) is 21.6. The molecular formula is C26H39N3O8. The Morgan fingerprint density at radius 3 is 2.08 bits per heavy atom. The van der Waals surface area contributed by atoms with Gasteiger partial charge in [0.2, 0.25) is 11.8 Å². The standard InChI is InChI=1S/C15H18N2O4.C11H21NO4/c18-12-5-6-13(19)16(12)9-10-1-3-11(4-2-10)17-14(20)7-8-15(17)21;1-2-3-6-9(12)7-4-5-8-10(13)16-11(14)15/h5-6,10-11H,1-4,7-9H2;9H,2-8,12H2,1H3,(H,14,15). The van der Waals surface area contributed by atoms with Gasteiger partial charge in [0.25, 0.3) is 11.8 Å². The highest BCUT2D eigenvalue weighted by Gasteiger charge is 2.37. The number of carbonyl (C=O) groups excluding carboxylic acids is 5. The Bertz CT molecular complexity index is 845. The molecule has 1 aliphatic carbocycles. The van der Waals surface area contributed by atoms with E-state index < -0.39 is 12.1 Å². The van der Waals surface area contributed by atoms with Crippen LogP contribution in [0.1, 0.15) is 90.4 Å². The molecule has 3 aliphatic rings. The molecule has 0 bridgehead atoms. The fourth-order valence-corrected chi connectivity index (χ4v) is 4.89. The summed E-state index contributed by atoms with van der Waals surface area (Å²) in [6, 6.07) is 0.197. The van der Waals surface area contributed by atoms with Crippen LogP contribution in [0.25, 0.3) is 0 Å². The van der Waals surface area contributed by atoms with Crippen molar-refractivity contribution in [3.05, 3.63) is 12.2 Å². The fourth-order valence-electron chi connectivity index (χ4n) is 4.89. The lowest BCUT2D eigenvalue weighted by molar-refractivity contribution is -0.142. The van der Waals surface area contributed by atoms with Gasteiger partial charge in [0.15, 0.2) is 0 Å². The van der Waals surface area contributed by atoms with Crippen LogP contribution in [-0.2, 0) is 28.7 Å². The average Bonchev–Trinajstić information content (AvgIpc) is 3.36. The van der Waals surface area contributed by atoms with E-state index in [1.807, 2.05) is 0 Å². The Labute approximate surface area is 217 Å². The van der Waals surface area contributed by atoms with Gasteiger partial charge < -0.3 is 15.6 Å². The molecule has 4 amide bonds. The van der Waals surface area contributed by atoms with Gasteiger partial charge in [0.1, 0.15) is 0 Å². The number of carbonyl (C=O) groups is 6. The SMILES string of the molecule is CCCCC(N)CCCCC(=O)OC(=O)O.O=C1C=CC(=O)N1CC1CCC(N2C(=O)CCC2=O)CC1. The molecule has 1 saturated carbocycles. The zero-order chi connectivity index (χ0) is 27.4. The van der Waals surface area contributed by atoms with E-state index in [4.69, 9.17) is 10.8 Å². The van der Waals surface area contributed by atoms with Crippen LogP contribution >= 0.6 is 0 Å². The highest BCUT2D eigenvalue weighted by atomic mass is 16.7. The van der Waals surface area contributed by atoms with E-state index in [9.17, 15) is 28.8 Å². The second-order valence-electron chi connectivity index (χ2n) is 9.84. The van der Waals surface area contributed by atoms with Crippen molar-refractivity contribution < 1.29 is 38.6 Å². The van der Waals surface area contributed by atoms with Crippen molar-refractivity contribution in [2.24, 2.45) is 11.7 Å². The maximum absolute atomic E-state index is 11.7. The predicted octanol–water partition coefficient (Wildman–Crippen LogP) is 2.90. The molecule has 37 heavy (non-hydrogen) atoms. The van der Waals surface area contributed by atoms with E-state index >= 15 is 0 Å². The molecule has 2 fully saturated rings. The summed E-state index contributed by atoms with van der Waals surface area (Å²) in [7, 11) is 0. The Morgan fingerprint density at radius 1 is 0.973 bits per heavy atom. The van der Waals surface area contributed by atoms with E-state index in [2.05, 4.69) is 11.7 Å². The molecule has 11 nitrogen and oxygen atoms in total. The fraction of sp³-hybridized carbons (Fsp3) is 0.692. The van der Waals surface area contributed by atoms with Crippen molar-refractivity contribution in [1.29, 1.82) is 0 Å². The summed E-state index contributed by atoms with van der Waals surface area (Å²) in [4.78, 5) is 70.1.